The number of aromatic nitrogens is 2. The van der Waals surface area contributed by atoms with Crippen LogP contribution < -0.4 is 14.8 Å². The van der Waals surface area contributed by atoms with Crippen LogP contribution in [0.25, 0.3) is 22.0 Å². The van der Waals surface area contributed by atoms with E-state index in [0.29, 0.717) is 16.6 Å². The zero-order valence-corrected chi connectivity index (χ0v) is 17.8. The number of carbonyl (C=O) groups excluding carboxylic acids is 1. The van der Waals surface area contributed by atoms with Crippen LogP contribution in [0, 0.1) is 0 Å². The number of pyridine rings is 1. The number of rotatable bonds is 3. The molecule has 12 heteroatoms. The van der Waals surface area contributed by atoms with Crippen LogP contribution in [0.2, 0.25) is 0 Å². The molecular weight excluding hydrogens is 475 g/mol. The van der Waals surface area contributed by atoms with Crippen LogP contribution in [0.1, 0.15) is 0 Å². The number of nitrogens with zero attached hydrogens (tertiary/aromatic N) is 2. The van der Waals surface area contributed by atoms with Crippen molar-refractivity contribution in [1.29, 1.82) is 0 Å². The molecule has 0 bridgehead atoms. The molecule has 3 heterocycles. The Kier molecular flexibility index (Phi) is 6.32. The van der Waals surface area contributed by atoms with Crippen molar-refractivity contribution in [3.63, 3.8) is 0 Å². The van der Waals surface area contributed by atoms with Crippen molar-refractivity contribution in [1.82, 2.24) is 9.97 Å². The topological polar surface area (TPSA) is 111 Å². The minimum absolute atomic E-state index is 0.397. The van der Waals surface area contributed by atoms with Crippen molar-refractivity contribution in [2.24, 2.45) is 0 Å². The smallest absolute Gasteiger partial charge is 0.475 e. The van der Waals surface area contributed by atoms with Gasteiger partial charge in [0.2, 0.25) is 0 Å². The number of fused-ring (bicyclic) bond motifs is 3. The average Bonchev–Trinajstić information content (AvgIpc) is 3.47. The van der Waals surface area contributed by atoms with Gasteiger partial charge in [0, 0.05) is 28.7 Å². The van der Waals surface area contributed by atoms with Gasteiger partial charge in [-0.2, -0.15) is 13.2 Å². The summed E-state index contributed by atoms with van der Waals surface area (Å²) >= 11 is 1.34. The Balaban J connectivity index is 0.000000344. The Bertz CT molecular complexity index is 1340. The van der Waals surface area contributed by atoms with E-state index in [9.17, 15) is 18.0 Å². The Morgan fingerprint density at radius 3 is 2.44 bits per heavy atom. The largest absolute Gasteiger partial charge is 0.490 e. The van der Waals surface area contributed by atoms with E-state index in [1.165, 1.54) is 11.3 Å². The first kappa shape index (κ1) is 23.0. The molecule has 0 aliphatic carbocycles. The molecule has 0 fully saturated rings. The van der Waals surface area contributed by atoms with Crippen LogP contribution in [-0.2, 0) is 9.59 Å². The predicted octanol–water partition coefficient (Wildman–Crippen LogP) is 4.73. The van der Waals surface area contributed by atoms with Crippen molar-refractivity contribution in [3.8, 4) is 22.8 Å². The lowest BCUT2D eigenvalue weighted by Crippen LogP contribution is -2.34. The summed E-state index contributed by atoms with van der Waals surface area (Å²) in [6, 6.07) is 15.3. The summed E-state index contributed by atoms with van der Waals surface area (Å²) in [5.41, 5.74) is 1.72. The van der Waals surface area contributed by atoms with Crippen molar-refractivity contribution in [3.05, 3.63) is 66.3 Å². The molecule has 0 saturated heterocycles. The van der Waals surface area contributed by atoms with Crippen LogP contribution in [0.15, 0.2) is 66.3 Å². The van der Waals surface area contributed by atoms with E-state index in [4.69, 9.17) is 19.4 Å². The maximum atomic E-state index is 12.6. The Morgan fingerprint density at radius 1 is 1.03 bits per heavy atom. The Hall–Kier alpha value is -4.19. The van der Waals surface area contributed by atoms with E-state index in [1.54, 1.807) is 12.4 Å². The average molecular weight is 489 g/mol. The molecule has 2 aromatic carbocycles. The second kappa shape index (κ2) is 9.35. The van der Waals surface area contributed by atoms with Crippen molar-refractivity contribution < 1.29 is 37.3 Å². The second-order valence-corrected chi connectivity index (χ2v) is 7.61. The number of carbonyl (C=O) groups is 2. The van der Waals surface area contributed by atoms with Crippen LogP contribution in [-0.4, -0.2) is 39.4 Å². The number of halogens is 3. The summed E-state index contributed by atoms with van der Waals surface area (Å²) in [7, 11) is 0. The predicted molar refractivity (Wildman–Crippen MR) is 117 cm³/mol. The van der Waals surface area contributed by atoms with Crippen LogP contribution >= 0.6 is 11.3 Å². The summed E-state index contributed by atoms with van der Waals surface area (Å²) in [5, 5.41) is 14.2. The molecule has 1 amide bonds. The molecule has 1 unspecified atom stereocenters. The fourth-order valence-corrected chi connectivity index (χ4v) is 3.66. The van der Waals surface area contributed by atoms with E-state index in [2.05, 4.69) is 15.3 Å². The van der Waals surface area contributed by atoms with Gasteiger partial charge < -0.3 is 14.6 Å². The van der Waals surface area contributed by atoms with Gasteiger partial charge in [0.25, 0.3) is 0 Å². The fraction of sp³-hybridized carbons (Fsp3) is 0.0909. The quantitative estimate of drug-likeness (QED) is 0.428. The first-order chi connectivity index (χ1) is 16.2. The van der Waals surface area contributed by atoms with Crippen molar-refractivity contribution in [2.75, 3.05) is 5.32 Å². The normalized spacial score (nSPS) is 14.3. The lowest BCUT2D eigenvalue weighted by atomic mass is 10.1. The molecule has 5 rings (SSSR count). The number of hydrogen-bond donors (Lipinski definition) is 2. The molecule has 34 heavy (non-hydrogen) atoms. The molecule has 0 saturated carbocycles. The maximum absolute atomic E-state index is 12.6. The lowest BCUT2D eigenvalue weighted by Gasteiger charge is -2.09. The minimum Gasteiger partial charge on any atom is -0.475 e. The maximum Gasteiger partial charge on any atom is 0.490 e. The van der Waals surface area contributed by atoms with Gasteiger partial charge in [-0.1, -0.05) is 30.3 Å². The molecule has 1 atom stereocenters. The minimum atomic E-state index is -5.08. The highest BCUT2D eigenvalue weighted by atomic mass is 32.1. The number of carboxylic acids is 1. The third kappa shape index (κ3) is 5.07. The summed E-state index contributed by atoms with van der Waals surface area (Å²) in [5.74, 6) is -2.01. The van der Waals surface area contributed by atoms with E-state index in [-0.39, 0.29) is 0 Å². The molecule has 0 radical (unpaired) electrons. The molecule has 2 N–H and O–H groups in total. The Morgan fingerprint density at radius 2 is 1.74 bits per heavy atom. The first-order valence-corrected chi connectivity index (χ1v) is 10.4. The van der Waals surface area contributed by atoms with E-state index >= 15 is 0 Å². The van der Waals surface area contributed by atoms with Gasteiger partial charge in [0.15, 0.2) is 16.6 Å². The number of aliphatic carboxylic acids is 1. The standard InChI is InChI=1S/C20H13N3O3S.C2HF3O2/c24-18(23-20-22-15(11-27-20)13-7-9-21-10-8-13)19-25-16-6-5-12-3-1-2-4-14(12)17(16)26-19;3-2(4,5)1(6)7/h1-11,19H,(H,22,23,24);(H,6,7). The van der Waals surface area contributed by atoms with Crippen molar-refractivity contribution >= 4 is 39.1 Å². The highest BCUT2D eigenvalue weighted by Crippen LogP contribution is 2.41. The van der Waals surface area contributed by atoms with Crippen LogP contribution in [0.3, 0.4) is 0 Å². The van der Waals surface area contributed by atoms with Crippen LogP contribution in [0.4, 0.5) is 18.3 Å². The number of benzene rings is 2. The van der Waals surface area contributed by atoms with Gasteiger partial charge >= 0.3 is 24.3 Å². The number of nitrogens with one attached hydrogen (secondary N) is 1. The summed E-state index contributed by atoms with van der Waals surface area (Å²) in [6.07, 6.45) is -2.72. The van der Waals surface area contributed by atoms with Crippen LogP contribution in [0.5, 0.6) is 11.5 Å². The Labute approximate surface area is 193 Å². The molecular formula is C22H14F3N3O5S. The third-order valence-electron chi connectivity index (χ3n) is 4.47. The van der Waals surface area contributed by atoms with Gasteiger partial charge in [-0.15, -0.1) is 11.3 Å². The monoisotopic (exact) mass is 489 g/mol. The van der Waals surface area contributed by atoms with Crippen molar-refractivity contribution in [2.45, 2.75) is 12.5 Å². The van der Waals surface area contributed by atoms with E-state index in [1.807, 2.05) is 53.9 Å². The summed E-state index contributed by atoms with van der Waals surface area (Å²) < 4.78 is 43.2. The molecule has 8 nitrogen and oxygen atoms in total. The second-order valence-electron chi connectivity index (χ2n) is 6.75. The lowest BCUT2D eigenvalue weighted by molar-refractivity contribution is -0.192. The van der Waals surface area contributed by atoms with E-state index < -0.39 is 24.3 Å². The number of thiazole rings is 1. The SMILES string of the molecule is O=C(Nc1nc(-c2ccncc2)cs1)C1Oc2ccc3ccccc3c2O1.O=C(O)C(F)(F)F. The fourth-order valence-electron chi connectivity index (χ4n) is 2.94. The molecule has 2 aromatic heterocycles. The summed E-state index contributed by atoms with van der Waals surface area (Å²) in [4.78, 5) is 29.9. The zero-order chi connectivity index (χ0) is 24.3. The molecule has 0 spiro atoms. The number of amides is 1. The van der Waals surface area contributed by atoms with Gasteiger partial charge in [-0.3, -0.25) is 15.1 Å². The zero-order valence-electron chi connectivity index (χ0n) is 16.9. The first-order valence-electron chi connectivity index (χ1n) is 9.54. The van der Waals surface area contributed by atoms with Gasteiger partial charge in [-0.25, -0.2) is 9.78 Å². The third-order valence-corrected chi connectivity index (χ3v) is 5.23. The molecule has 1 aliphatic heterocycles. The number of hydrogen-bond acceptors (Lipinski definition) is 7. The van der Waals surface area contributed by atoms with E-state index in [0.717, 1.165) is 22.0 Å². The molecule has 174 valence electrons. The highest BCUT2D eigenvalue weighted by molar-refractivity contribution is 7.14. The van der Waals surface area contributed by atoms with Gasteiger partial charge in [0.1, 0.15) is 0 Å². The summed E-state index contributed by atoms with van der Waals surface area (Å²) in [6.45, 7) is 0. The molecule has 4 aromatic rings. The van der Waals surface area contributed by atoms with Gasteiger partial charge in [0.05, 0.1) is 5.69 Å². The highest BCUT2D eigenvalue weighted by Gasteiger charge is 2.38. The van der Waals surface area contributed by atoms with Gasteiger partial charge in [-0.05, 0) is 23.6 Å². The molecule has 1 aliphatic rings. The number of ether oxygens (including phenoxy) is 2. The number of carboxylic acid groups (broad SMARTS) is 1. The number of alkyl halides is 3. The number of anilines is 1.